The van der Waals surface area contributed by atoms with Crippen molar-refractivity contribution in [3.63, 3.8) is 0 Å². The van der Waals surface area contributed by atoms with Gasteiger partial charge in [-0.15, -0.1) is 11.3 Å². The van der Waals surface area contributed by atoms with Crippen LogP contribution in [0.1, 0.15) is 32.6 Å². The Balaban J connectivity index is 1.24. The predicted octanol–water partition coefficient (Wildman–Crippen LogP) is 1.90. The number of nitrogens with zero attached hydrogens (tertiary/aromatic N) is 4. The highest BCUT2D eigenvalue weighted by atomic mass is 32.1. The highest BCUT2D eigenvalue weighted by molar-refractivity contribution is 7.13. The normalized spacial score (nSPS) is 33.2. The Morgan fingerprint density at radius 2 is 2.12 bits per heavy atom. The third-order valence-electron chi connectivity index (χ3n) is 5.70. The van der Waals surface area contributed by atoms with Gasteiger partial charge in [-0.2, -0.15) is 0 Å². The lowest BCUT2D eigenvalue weighted by Gasteiger charge is -2.35. The maximum atomic E-state index is 6.23. The van der Waals surface area contributed by atoms with Gasteiger partial charge >= 0.3 is 0 Å². The summed E-state index contributed by atoms with van der Waals surface area (Å²) in [5.74, 6) is 1.05. The molecule has 1 spiro atoms. The molecule has 1 aromatic heterocycles. The molecule has 1 saturated carbocycles. The average molecular weight is 380 g/mol. The van der Waals surface area contributed by atoms with Crippen LogP contribution < -0.4 is 10.6 Å². The highest BCUT2D eigenvalue weighted by Gasteiger charge is 2.43. The smallest absolute Gasteiger partial charge is 0.191 e. The standard InChI is InChI=1S/C18H29N5O2S/c1-14-2-4-18(5-3-14)24-13-15(25-18)12-21-16(19)22-7-9-23(10-8-22)17-20-6-11-26-17/h6,11,14-15H,2-5,7-10,12-13H2,1H3,(H2,19,21). The summed E-state index contributed by atoms with van der Waals surface area (Å²) in [4.78, 5) is 13.4. The van der Waals surface area contributed by atoms with Gasteiger partial charge in [0.05, 0.1) is 13.2 Å². The summed E-state index contributed by atoms with van der Waals surface area (Å²) >= 11 is 1.68. The third-order valence-corrected chi connectivity index (χ3v) is 6.53. The van der Waals surface area contributed by atoms with Gasteiger partial charge in [-0.25, -0.2) is 4.98 Å². The molecule has 2 saturated heterocycles. The first kappa shape index (κ1) is 18.0. The number of aliphatic imine (C=N–C) groups is 1. The Morgan fingerprint density at radius 1 is 1.35 bits per heavy atom. The second kappa shape index (κ2) is 7.70. The van der Waals surface area contributed by atoms with Crippen molar-refractivity contribution in [3.05, 3.63) is 11.6 Å². The predicted molar refractivity (Wildman–Crippen MR) is 104 cm³/mol. The lowest BCUT2D eigenvalue weighted by atomic mass is 9.86. The molecule has 8 heteroatoms. The summed E-state index contributed by atoms with van der Waals surface area (Å²) in [6.07, 6.45) is 6.25. The van der Waals surface area contributed by atoms with E-state index >= 15 is 0 Å². The number of nitrogens with two attached hydrogens (primary N) is 1. The Bertz CT molecular complexity index is 607. The Labute approximate surface area is 159 Å². The van der Waals surface area contributed by atoms with Gasteiger partial charge in [0.25, 0.3) is 0 Å². The number of hydrogen-bond donors (Lipinski definition) is 1. The molecule has 1 aromatic rings. The van der Waals surface area contributed by atoms with Crippen molar-refractivity contribution in [2.75, 3.05) is 44.2 Å². The van der Waals surface area contributed by atoms with E-state index in [-0.39, 0.29) is 11.9 Å². The van der Waals surface area contributed by atoms with Gasteiger partial charge < -0.3 is 25.0 Å². The molecule has 144 valence electrons. The maximum Gasteiger partial charge on any atom is 0.191 e. The van der Waals surface area contributed by atoms with Crippen molar-refractivity contribution in [1.82, 2.24) is 9.88 Å². The van der Waals surface area contributed by atoms with Crippen molar-refractivity contribution in [1.29, 1.82) is 0 Å². The molecule has 0 radical (unpaired) electrons. The van der Waals surface area contributed by atoms with Crippen molar-refractivity contribution >= 4 is 22.4 Å². The van der Waals surface area contributed by atoms with Crippen molar-refractivity contribution < 1.29 is 9.47 Å². The molecule has 1 atom stereocenters. The number of hydrogen-bond acceptors (Lipinski definition) is 6. The van der Waals surface area contributed by atoms with Gasteiger partial charge in [-0.05, 0) is 18.8 Å². The Hall–Kier alpha value is -1.38. The summed E-state index contributed by atoms with van der Waals surface area (Å²) in [6.45, 7) is 7.11. The van der Waals surface area contributed by atoms with Crippen molar-refractivity contribution in [3.8, 4) is 0 Å². The summed E-state index contributed by atoms with van der Waals surface area (Å²) in [7, 11) is 0. The lowest BCUT2D eigenvalue weighted by molar-refractivity contribution is -0.190. The van der Waals surface area contributed by atoms with Gasteiger partial charge in [0, 0.05) is 50.6 Å². The first-order chi connectivity index (χ1) is 12.6. The van der Waals surface area contributed by atoms with Gasteiger partial charge in [-0.1, -0.05) is 6.92 Å². The second-order valence-corrected chi connectivity index (χ2v) is 8.50. The van der Waals surface area contributed by atoms with E-state index in [2.05, 4.69) is 26.7 Å². The van der Waals surface area contributed by atoms with Crippen LogP contribution in [0.25, 0.3) is 0 Å². The molecule has 1 aliphatic carbocycles. The zero-order valence-electron chi connectivity index (χ0n) is 15.5. The summed E-state index contributed by atoms with van der Waals surface area (Å²) in [5.41, 5.74) is 6.23. The molecule has 26 heavy (non-hydrogen) atoms. The SMILES string of the molecule is CC1CCC2(CC1)OCC(CN=C(N)N1CCN(c3nccs3)CC1)O2. The van der Waals surface area contributed by atoms with Crippen LogP contribution in [0, 0.1) is 5.92 Å². The topological polar surface area (TPSA) is 76.2 Å². The molecule has 3 aliphatic rings. The average Bonchev–Trinajstić information content (AvgIpc) is 3.33. The molecule has 3 heterocycles. The van der Waals surface area contributed by atoms with Crippen LogP contribution in [-0.2, 0) is 9.47 Å². The fraction of sp³-hybridized carbons (Fsp3) is 0.778. The van der Waals surface area contributed by atoms with Gasteiger partial charge in [0.2, 0.25) is 0 Å². The van der Waals surface area contributed by atoms with E-state index in [0.717, 1.165) is 50.1 Å². The van der Waals surface area contributed by atoms with Crippen LogP contribution in [0.15, 0.2) is 16.6 Å². The number of aromatic nitrogens is 1. The number of rotatable bonds is 3. The molecular weight excluding hydrogens is 350 g/mol. The molecule has 0 aromatic carbocycles. The minimum Gasteiger partial charge on any atom is -0.370 e. The fourth-order valence-electron chi connectivity index (χ4n) is 3.97. The summed E-state index contributed by atoms with van der Waals surface area (Å²) in [5, 5.41) is 3.10. The molecule has 4 rings (SSSR count). The molecule has 3 fully saturated rings. The van der Waals surface area contributed by atoms with Crippen LogP contribution in [0.3, 0.4) is 0 Å². The Morgan fingerprint density at radius 3 is 2.81 bits per heavy atom. The molecule has 0 amide bonds. The van der Waals surface area contributed by atoms with Crippen LogP contribution in [0.5, 0.6) is 0 Å². The van der Waals surface area contributed by atoms with E-state index in [1.807, 2.05) is 11.6 Å². The van der Waals surface area contributed by atoms with Crippen molar-refractivity contribution in [2.24, 2.45) is 16.6 Å². The largest absolute Gasteiger partial charge is 0.370 e. The minimum atomic E-state index is -0.346. The van der Waals surface area contributed by atoms with E-state index < -0.39 is 0 Å². The summed E-state index contributed by atoms with van der Waals surface area (Å²) in [6, 6.07) is 0. The van der Waals surface area contributed by atoms with E-state index in [1.54, 1.807) is 11.3 Å². The number of guanidine groups is 1. The molecule has 2 aliphatic heterocycles. The van der Waals surface area contributed by atoms with Crippen LogP contribution >= 0.6 is 11.3 Å². The van der Waals surface area contributed by atoms with Crippen LogP contribution in [-0.4, -0.2) is 67.1 Å². The van der Waals surface area contributed by atoms with E-state index in [4.69, 9.17) is 15.2 Å². The minimum absolute atomic E-state index is 0.0264. The second-order valence-electron chi connectivity index (χ2n) is 7.63. The van der Waals surface area contributed by atoms with Gasteiger partial charge in [0.1, 0.15) is 6.10 Å². The molecule has 7 nitrogen and oxygen atoms in total. The molecule has 1 unspecified atom stereocenters. The zero-order valence-corrected chi connectivity index (χ0v) is 16.3. The first-order valence-electron chi connectivity index (χ1n) is 9.65. The number of piperazine rings is 1. The first-order valence-corrected chi connectivity index (χ1v) is 10.5. The quantitative estimate of drug-likeness (QED) is 0.639. The van der Waals surface area contributed by atoms with E-state index in [0.29, 0.717) is 19.1 Å². The van der Waals surface area contributed by atoms with Crippen LogP contribution in [0.4, 0.5) is 5.13 Å². The van der Waals surface area contributed by atoms with Gasteiger partial charge in [-0.3, -0.25) is 4.99 Å². The monoisotopic (exact) mass is 379 g/mol. The molecule has 0 bridgehead atoms. The number of thiazole rings is 1. The number of ether oxygens (including phenoxy) is 2. The van der Waals surface area contributed by atoms with Gasteiger partial charge in [0.15, 0.2) is 16.9 Å². The fourth-order valence-corrected chi connectivity index (χ4v) is 4.66. The van der Waals surface area contributed by atoms with E-state index in [9.17, 15) is 0 Å². The Kier molecular flexibility index (Phi) is 5.33. The summed E-state index contributed by atoms with van der Waals surface area (Å²) < 4.78 is 12.2. The molecule has 2 N–H and O–H groups in total. The zero-order chi connectivity index (χ0) is 18.0. The van der Waals surface area contributed by atoms with E-state index in [1.165, 1.54) is 12.8 Å². The van der Waals surface area contributed by atoms with Crippen molar-refractivity contribution in [2.45, 2.75) is 44.5 Å². The van der Waals surface area contributed by atoms with Crippen LogP contribution in [0.2, 0.25) is 0 Å². The third kappa shape index (κ3) is 3.97. The lowest BCUT2D eigenvalue weighted by Crippen LogP contribution is -2.51. The molecular formula is C18H29N5O2S. The maximum absolute atomic E-state index is 6.23. The number of anilines is 1. The highest BCUT2D eigenvalue weighted by Crippen LogP contribution is 2.39.